The molecule has 0 aromatic heterocycles. The first-order valence-corrected chi connectivity index (χ1v) is 5.44. The monoisotopic (exact) mass is 189 g/mol. The zero-order valence-electron chi connectivity index (χ0n) is 6.83. The van der Waals surface area contributed by atoms with Crippen LogP contribution in [0.5, 0.6) is 0 Å². The molecule has 0 aromatic rings. The molecule has 11 heavy (non-hydrogen) atoms. The van der Waals surface area contributed by atoms with Crippen LogP contribution < -0.4 is 0 Å². The van der Waals surface area contributed by atoms with E-state index in [1.807, 2.05) is 6.92 Å². The fraction of sp³-hybridized carbons (Fsp3) is 0.571. The second kappa shape index (κ2) is 3.54. The van der Waals surface area contributed by atoms with Crippen molar-refractivity contribution in [3.8, 4) is 0 Å². The van der Waals surface area contributed by atoms with Gasteiger partial charge in [-0.15, -0.1) is 0 Å². The molecule has 0 fully saturated rings. The molecule has 0 saturated heterocycles. The van der Waals surface area contributed by atoms with Gasteiger partial charge in [-0.1, -0.05) is 25.6 Å². The Kier molecular flexibility index (Phi) is 2.90. The fourth-order valence-electron chi connectivity index (χ4n) is 0.688. The van der Waals surface area contributed by atoms with E-state index >= 15 is 0 Å². The number of hydrogen-bond donors (Lipinski definition) is 0. The number of thioether (sulfide) groups is 1. The van der Waals surface area contributed by atoms with Gasteiger partial charge in [-0.3, -0.25) is 0 Å². The lowest BCUT2D eigenvalue weighted by Gasteiger charge is -2.11. The van der Waals surface area contributed by atoms with Gasteiger partial charge in [-0.2, -0.15) is 4.40 Å². The van der Waals surface area contributed by atoms with Crippen LogP contribution in [0.4, 0.5) is 0 Å². The highest BCUT2D eigenvalue weighted by Gasteiger charge is 2.13. The normalized spacial score (nSPS) is 24.9. The van der Waals surface area contributed by atoms with Gasteiger partial charge in [-0.25, -0.2) is 4.21 Å². The average molecular weight is 189 g/mol. The summed E-state index contributed by atoms with van der Waals surface area (Å²) in [5.41, 5.74) is 0. The molecular formula is C7H11NOS2. The van der Waals surface area contributed by atoms with Crippen molar-refractivity contribution in [1.29, 1.82) is 0 Å². The molecule has 1 heterocycles. The predicted molar refractivity (Wildman–Crippen MR) is 51.8 cm³/mol. The summed E-state index contributed by atoms with van der Waals surface area (Å²) in [6, 6.07) is 0. The van der Waals surface area contributed by atoms with E-state index < -0.39 is 11.0 Å². The van der Waals surface area contributed by atoms with E-state index in [-0.39, 0.29) is 0 Å². The summed E-state index contributed by atoms with van der Waals surface area (Å²) in [5.74, 6) is 0.382. The maximum Gasteiger partial charge on any atom is 0.166 e. The van der Waals surface area contributed by atoms with Crippen LogP contribution in [0.15, 0.2) is 14.7 Å². The largest absolute Gasteiger partial charge is 0.230 e. The van der Waals surface area contributed by atoms with E-state index in [0.717, 1.165) is 9.95 Å². The van der Waals surface area contributed by atoms with Gasteiger partial charge in [0.25, 0.3) is 0 Å². The highest BCUT2D eigenvalue weighted by Crippen LogP contribution is 2.26. The van der Waals surface area contributed by atoms with Gasteiger partial charge in [0, 0.05) is 11.3 Å². The highest BCUT2D eigenvalue weighted by atomic mass is 32.2. The average Bonchev–Trinajstić information content (AvgIpc) is 1.85. The van der Waals surface area contributed by atoms with Crippen LogP contribution in [-0.4, -0.2) is 9.25 Å². The molecule has 1 unspecified atom stereocenters. The second-order valence-electron chi connectivity index (χ2n) is 2.69. The molecule has 2 nitrogen and oxygen atoms in total. The first-order valence-electron chi connectivity index (χ1n) is 3.45. The smallest absolute Gasteiger partial charge is 0.166 e. The maximum absolute atomic E-state index is 11.0. The number of rotatable bonds is 1. The van der Waals surface area contributed by atoms with E-state index in [1.165, 1.54) is 0 Å². The highest BCUT2D eigenvalue weighted by molar-refractivity contribution is 8.18. The third-order valence-corrected chi connectivity index (χ3v) is 3.61. The lowest BCUT2D eigenvalue weighted by molar-refractivity contribution is 0.689. The fourth-order valence-corrected chi connectivity index (χ4v) is 2.79. The summed E-state index contributed by atoms with van der Waals surface area (Å²) in [6.07, 6.45) is 0. The molecule has 0 saturated carbocycles. The quantitative estimate of drug-likeness (QED) is 0.633. The standard InChI is InChI=1S/C7H11NOS2/c1-5(2)7-8-11(9)4-6(3)10-7/h4-5H,1-3H3. The van der Waals surface area contributed by atoms with Crippen molar-refractivity contribution < 1.29 is 4.21 Å². The Hall–Kier alpha value is -0.0900. The van der Waals surface area contributed by atoms with Gasteiger partial charge < -0.3 is 0 Å². The van der Waals surface area contributed by atoms with Crippen LogP contribution >= 0.6 is 11.8 Å². The molecule has 0 radical (unpaired) electrons. The van der Waals surface area contributed by atoms with Gasteiger partial charge in [0.1, 0.15) is 0 Å². The molecule has 1 aliphatic rings. The minimum atomic E-state index is -1.12. The Bertz CT molecular complexity index is 243. The van der Waals surface area contributed by atoms with Crippen LogP contribution in [0.3, 0.4) is 0 Å². The van der Waals surface area contributed by atoms with Gasteiger partial charge in [0.15, 0.2) is 11.0 Å². The van der Waals surface area contributed by atoms with Crippen molar-refractivity contribution in [3.05, 3.63) is 10.3 Å². The zero-order valence-corrected chi connectivity index (χ0v) is 8.46. The van der Waals surface area contributed by atoms with Crippen LogP contribution in [-0.2, 0) is 11.0 Å². The second-order valence-corrected chi connectivity index (χ2v) is 4.93. The van der Waals surface area contributed by atoms with Crippen LogP contribution in [0.25, 0.3) is 0 Å². The zero-order chi connectivity index (χ0) is 8.43. The molecule has 0 aliphatic carbocycles. The molecule has 1 rings (SSSR count). The molecule has 0 spiro atoms. The van der Waals surface area contributed by atoms with Crippen molar-refractivity contribution in [2.45, 2.75) is 20.8 Å². The summed E-state index contributed by atoms with van der Waals surface area (Å²) in [6.45, 7) is 6.07. The molecule has 0 aromatic carbocycles. The predicted octanol–water partition coefficient (Wildman–Crippen LogP) is 2.31. The Labute approximate surface area is 73.8 Å². The van der Waals surface area contributed by atoms with Gasteiger partial charge >= 0.3 is 0 Å². The lowest BCUT2D eigenvalue weighted by Crippen LogP contribution is -2.06. The molecule has 1 aliphatic heterocycles. The van der Waals surface area contributed by atoms with E-state index in [9.17, 15) is 4.21 Å². The van der Waals surface area contributed by atoms with Crippen LogP contribution in [0.1, 0.15) is 20.8 Å². The lowest BCUT2D eigenvalue weighted by atomic mass is 10.2. The van der Waals surface area contributed by atoms with E-state index in [2.05, 4.69) is 18.2 Å². The molecule has 4 heteroatoms. The molecule has 62 valence electrons. The SMILES string of the molecule is CC1=CS(=O)N=C(C(C)C)S1. The summed E-state index contributed by atoms with van der Waals surface area (Å²) >= 11 is 1.62. The first kappa shape index (κ1) is 9.00. The number of hydrogen-bond acceptors (Lipinski definition) is 2. The summed E-state index contributed by atoms with van der Waals surface area (Å²) < 4.78 is 15.0. The molecule has 1 atom stereocenters. The first-order chi connectivity index (χ1) is 5.09. The van der Waals surface area contributed by atoms with Gasteiger partial charge in [-0.05, 0) is 11.8 Å². The Morgan fingerprint density at radius 3 is 2.73 bits per heavy atom. The third-order valence-electron chi connectivity index (χ3n) is 1.21. The molecule has 0 N–H and O–H groups in total. The Morgan fingerprint density at radius 1 is 1.64 bits per heavy atom. The van der Waals surface area contributed by atoms with Crippen molar-refractivity contribution in [2.24, 2.45) is 10.3 Å². The Balaban J connectivity index is 2.79. The summed E-state index contributed by atoms with van der Waals surface area (Å²) in [5, 5.41) is 2.65. The molecule has 0 amide bonds. The third kappa shape index (κ3) is 2.45. The summed E-state index contributed by atoms with van der Waals surface area (Å²) in [4.78, 5) is 1.09. The maximum atomic E-state index is 11.0. The minimum absolute atomic E-state index is 0.382. The van der Waals surface area contributed by atoms with Crippen molar-refractivity contribution in [1.82, 2.24) is 0 Å². The minimum Gasteiger partial charge on any atom is -0.230 e. The van der Waals surface area contributed by atoms with Crippen LogP contribution in [0.2, 0.25) is 0 Å². The van der Waals surface area contributed by atoms with E-state index in [4.69, 9.17) is 0 Å². The van der Waals surface area contributed by atoms with Crippen molar-refractivity contribution >= 4 is 27.8 Å². The topological polar surface area (TPSA) is 29.4 Å². The van der Waals surface area contributed by atoms with Crippen molar-refractivity contribution in [2.75, 3.05) is 0 Å². The molecule has 0 bridgehead atoms. The van der Waals surface area contributed by atoms with E-state index in [0.29, 0.717) is 5.92 Å². The number of nitrogens with zero attached hydrogens (tertiary/aromatic N) is 1. The van der Waals surface area contributed by atoms with Crippen molar-refractivity contribution in [3.63, 3.8) is 0 Å². The Morgan fingerprint density at radius 2 is 2.27 bits per heavy atom. The molecular weight excluding hydrogens is 178 g/mol. The number of allylic oxidation sites excluding steroid dienone is 1. The van der Waals surface area contributed by atoms with Gasteiger partial charge in [0.2, 0.25) is 0 Å². The summed E-state index contributed by atoms with van der Waals surface area (Å²) in [7, 11) is -1.12. The van der Waals surface area contributed by atoms with Gasteiger partial charge in [0.05, 0.1) is 5.04 Å². The van der Waals surface area contributed by atoms with E-state index in [1.54, 1.807) is 17.2 Å². The van der Waals surface area contributed by atoms with Crippen LogP contribution in [0, 0.1) is 5.92 Å².